The molecule has 2 heterocycles. The van der Waals surface area contributed by atoms with Crippen LogP contribution in [0.1, 0.15) is 24.6 Å². The van der Waals surface area contributed by atoms with E-state index in [1.807, 2.05) is 18.7 Å². The maximum Gasteiger partial charge on any atom is 0.153 e. The predicted octanol–water partition coefficient (Wildman–Crippen LogP) is 0.243. The van der Waals surface area contributed by atoms with Crippen molar-refractivity contribution in [2.75, 3.05) is 29.5 Å². The molecule has 1 aliphatic rings. The number of aryl methyl sites for hydroxylation is 2. The summed E-state index contributed by atoms with van der Waals surface area (Å²) in [7, 11) is -0.957. The van der Waals surface area contributed by atoms with E-state index in [4.69, 9.17) is 5.73 Å². The van der Waals surface area contributed by atoms with Crippen LogP contribution in [0.3, 0.4) is 0 Å². The Morgan fingerprint density at radius 3 is 2.50 bits per heavy atom. The summed E-state index contributed by atoms with van der Waals surface area (Å²) >= 11 is 0. The second-order valence-corrected chi connectivity index (χ2v) is 7.83. The molecule has 0 bridgehead atoms. The SMILES string of the molecule is CCC(N)Cc1c(C)nn(C)c1N1CCS(=O)(=O)CC1. The molecule has 0 aromatic carbocycles. The van der Waals surface area contributed by atoms with Gasteiger partial charge in [0.15, 0.2) is 9.84 Å². The van der Waals surface area contributed by atoms with Crippen molar-refractivity contribution in [2.24, 2.45) is 12.8 Å². The van der Waals surface area contributed by atoms with Crippen LogP contribution in [-0.2, 0) is 23.3 Å². The number of sulfone groups is 1. The van der Waals surface area contributed by atoms with Crippen molar-refractivity contribution >= 4 is 15.7 Å². The Morgan fingerprint density at radius 1 is 1.35 bits per heavy atom. The molecule has 1 aromatic heterocycles. The smallest absolute Gasteiger partial charge is 0.153 e. The monoisotopic (exact) mass is 300 g/mol. The van der Waals surface area contributed by atoms with Crippen molar-refractivity contribution in [2.45, 2.75) is 32.7 Å². The van der Waals surface area contributed by atoms with Crippen LogP contribution in [0.2, 0.25) is 0 Å². The third-order valence-electron chi connectivity index (χ3n) is 3.95. The summed E-state index contributed by atoms with van der Waals surface area (Å²) in [6.45, 7) is 5.14. The molecular formula is C13H24N4O2S. The molecule has 0 amide bonds. The number of hydrogen-bond acceptors (Lipinski definition) is 5. The fourth-order valence-electron chi connectivity index (χ4n) is 2.66. The lowest BCUT2D eigenvalue weighted by molar-refractivity contribution is 0.583. The van der Waals surface area contributed by atoms with Gasteiger partial charge < -0.3 is 10.6 Å². The molecule has 6 nitrogen and oxygen atoms in total. The Morgan fingerprint density at radius 2 is 1.95 bits per heavy atom. The average molecular weight is 300 g/mol. The Labute approximate surface area is 120 Å². The standard InChI is InChI=1S/C13H24N4O2S/c1-4-11(14)9-12-10(2)15-16(3)13(12)17-5-7-20(18,19)8-6-17/h11H,4-9,14H2,1-3H3. The Kier molecular flexibility index (Phi) is 4.39. The first kappa shape index (κ1) is 15.3. The molecular weight excluding hydrogens is 276 g/mol. The molecule has 1 atom stereocenters. The lowest BCUT2D eigenvalue weighted by Gasteiger charge is -2.29. The molecule has 0 spiro atoms. The number of anilines is 1. The van der Waals surface area contributed by atoms with Gasteiger partial charge in [-0.25, -0.2) is 8.42 Å². The quantitative estimate of drug-likeness (QED) is 0.861. The van der Waals surface area contributed by atoms with Gasteiger partial charge in [-0.3, -0.25) is 4.68 Å². The minimum atomic E-state index is -2.87. The third kappa shape index (κ3) is 3.15. The second kappa shape index (κ2) is 5.73. The molecule has 114 valence electrons. The Bertz CT molecular complexity index is 565. The summed E-state index contributed by atoms with van der Waals surface area (Å²) in [4.78, 5) is 2.12. The summed E-state index contributed by atoms with van der Waals surface area (Å²) in [5.74, 6) is 1.47. The van der Waals surface area contributed by atoms with E-state index in [0.29, 0.717) is 13.1 Å². The first-order valence-electron chi connectivity index (χ1n) is 7.07. The lowest BCUT2D eigenvalue weighted by atomic mass is 10.0. The van der Waals surface area contributed by atoms with Crippen molar-refractivity contribution in [3.8, 4) is 0 Å². The number of rotatable bonds is 4. The number of nitrogens with zero attached hydrogens (tertiary/aromatic N) is 3. The molecule has 0 radical (unpaired) electrons. The normalized spacial score (nSPS) is 20.1. The largest absolute Gasteiger partial charge is 0.355 e. The molecule has 2 N–H and O–H groups in total. The van der Waals surface area contributed by atoms with E-state index in [2.05, 4.69) is 16.9 Å². The predicted molar refractivity (Wildman–Crippen MR) is 80.8 cm³/mol. The molecule has 20 heavy (non-hydrogen) atoms. The van der Waals surface area contributed by atoms with Gasteiger partial charge in [-0.1, -0.05) is 6.92 Å². The van der Waals surface area contributed by atoms with Crippen molar-refractivity contribution < 1.29 is 8.42 Å². The summed E-state index contributed by atoms with van der Waals surface area (Å²) < 4.78 is 25.0. The Balaban J connectivity index is 2.27. The average Bonchev–Trinajstić information content (AvgIpc) is 2.65. The topological polar surface area (TPSA) is 81.2 Å². The van der Waals surface area contributed by atoms with Crippen molar-refractivity contribution in [1.29, 1.82) is 0 Å². The van der Waals surface area contributed by atoms with Crippen LogP contribution in [0.25, 0.3) is 0 Å². The summed E-state index contributed by atoms with van der Waals surface area (Å²) in [5.41, 5.74) is 8.21. The van der Waals surface area contributed by atoms with E-state index < -0.39 is 9.84 Å². The molecule has 1 saturated heterocycles. The zero-order valence-corrected chi connectivity index (χ0v) is 13.3. The maximum atomic E-state index is 11.6. The minimum Gasteiger partial charge on any atom is -0.355 e. The van der Waals surface area contributed by atoms with Crippen LogP contribution in [0.4, 0.5) is 5.82 Å². The van der Waals surface area contributed by atoms with Gasteiger partial charge in [0, 0.05) is 31.7 Å². The van der Waals surface area contributed by atoms with Gasteiger partial charge in [0.2, 0.25) is 0 Å². The van der Waals surface area contributed by atoms with Gasteiger partial charge >= 0.3 is 0 Å². The van der Waals surface area contributed by atoms with Crippen LogP contribution in [0.15, 0.2) is 0 Å². The summed E-state index contributed by atoms with van der Waals surface area (Å²) in [6, 6.07) is 0.116. The highest BCUT2D eigenvalue weighted by molar-refractivity contribution is 7.91. The van der Waals surface area contributed by atoms with Crippen LogP contribution in [0.5, 0.6) is 0 Å². The molecule has 1 aromatic rings. The molecule has 1 unspecified atom stereocenters. The van der Waals surface area contributed by atoms with Crippen molar-refractivity contribution in [3.63, 3.8) is 0 Å². The first-order valence-corrected chi connectivity index (χ1v) is 8.89. The van der Waals surface area contributed by atoms with E-state index in [0.717, 1.165) is 29.9 Å². The molecule has 0 saturated carbocycles. The fourth-order valence-corrected chi connectivity index (χ4v) is 3.86. The lowest BCUT2D eigenvalue weighted by Crippen LogP contribution is -2.41. The number of hydrogen-bond donors (Lipinski definition) is 1. The fraction of sp³-hybridized carbons (Fsp3) is 0.769. The first-order chi connectivity index (χ1) is 9.34. The maximum absolute atomic E-state index is 11.6. The highest BCUT2D eigenvalue weighted by Crippen LogP contribution is 2.26. The highest BCUT2D eigenvalue weighted by atomic mass is 32.2. The molecule has 1 aliphatic heterocycles. The van der Waals surface area contributed by atoms with E-state index >= 15 is 0 Å². The van der Waals surface area contributed by atoms with Gasteiger partial charge in [0.1, 0.15) is 5.82 Å². The zero-order chi connectivity index (χ0) is 14.9. The molecule has 1 fully saturated rings. The van der Waals surface area contributed by atoms with Gasteiger partial charge in [-0.2, -0.15) is 5.10 Å². The van der Waals surface area contributed by atoms with Crippen molar-refractivity contribution in [1.82, 2.24) is 9.78 Å². The third-order valence-corrected chi connectivity index (χ3v) is 5.56. The van der Waals surface area contributed by atoms with E-state index in [1.165, 1.54) is 0 Å². The van der Waals surface area contributed by atoms with Gasteiger partial charge in [-0.15, -0.1) is 0 Å². The number of aromatic nitrogens is 2. The van der Waals surface area contributed by atoms with Crippen LogP contribution >= 0.6 is 0 Å². The van der Waals surface area contributed by atoms with Crippen LogP contribution < -0.4 is 10.6 Å². The van der Waals surface area contributed by atoms with E-state index in [9.17, 15) is 8.42 Å². The van der Waals surface area contributed by atoms with Gasteiger partial charge in [0.25, 0.3) is 0 Å². The van der Waals surface area contributed by atoms with Crippen molar-refractivity contribution in [3.05, 3.63) is 11.3 Å². The summed E-state index contributed by atoms with van der Waals surface area (Å²) in [6.07, 6.45) is 1.71. The zero-order valence-electron chi connectivity index (χ0n) is 12.5. The Hall–Kier alpha value is -1.08. The van der Waals surface area contributed by atoms with E-state index in [1.54, 1.807) is 0 Å². The highest BCUT2D eigenvalue weighted by Gasteiger charge is 2.27. The van der Waals surface area contributed by atoms with E-state index in [-0.39, 0.29) is 17.5 Å². The number of nitrogens with two attached hydrogens (primary N) is 1. The summed E-state index contributed by atoms with van der Waals surface area (Å²) in [5, 5.41) is 4.48. The minimum absolute atomic E-state index is 0.116. The van der Waals surface area contributed by atoms with Gasteiger partial charge in [-0.05, 0) is 19.8 Å². The molecule has 0 aliphatic carbocycles. The molecule has 2 rings (SSSR count). The molecule has 7 heteroatoms. The second-order valence-electron chi connectivity index (χ2n) is 5.52. The van der Waals surface area contributed by atoms with Crippen LogP contribution in [0, 0.1) is 6.92 Å². The van der Waals surface area contributed by atoms with Gasteiger partial charge in [0.05, 0.1) is 17.2 Å². The van der Waals surface area contributed by atoms with Crippen LogP contribution in [-0.4, -0.2) is 48.8 Å².